The van der Waals surface area contributed by atoms with Crippen LogP contribution >= 0.6 is 11.6 Å². The number of carbonyl (C=O) groups excluding carboxylic acids is 2. The van der Waals surface area contributed by atoms with Crippen molar-refractivity contribution < 1.29 is 9.59 Å². The van der Waals surface area contributed by atoms with E-state index in [1.807, 2.05) is 6.07 Å². The summed E-state index contributed by atoms with van der Waals surface area (Å²) in [6.07, 6.45) is 1.52. The Kier molecular flexibility index (Phi) is 5.06. The summed E-state index contributed by atoms with van der Waals surface area (Å²) < 4.78 is 0. The van der Waals surface area contributed by atoms with E-state index in [2.05, 4.69) is 15.6 Å². The summed E-state index contributed by atoms with van der Waals surface area (Å²) in [4.78, 5) is 28.1. The lowest BCUT2D eigenvalue weighted by Gasteiger charge is -2.08. The zero-order chi connectivity index (χ0) is 17.6. The maximum absolute atomic E-state index is 12.2. The Bertz CT molecular complexity index is 896. The maximum Gasteiger partial charge on any atom is 0.258 e. The van der Waals surface area contributed by atoms with E-state index in [4.69, 9.17) is 11.6 Å². The maximum atomic E-state index is 12.2. The summed E-state index contributed by atoms with van der Waals surface area (Å²) in [5.74, 6) is -0.543. The number of aromatic nitrogens is 1. The molecule has 0 fully saturated rings. The first kappa shape index (κ1) is 16.7. The number of nitrogens with one attached hydrogen (secondary N) is 2. The zero-order valence-electron chi connectivity index (χ0n) is 13.1. The normalized spacial score (nSPS) is 10.1. The van der Waals surface area contributed by atoms with Crippen LogP contribution < -0.4 is 10.6 Å². The molecule has 124 valence electrons. The summed E-state index contributed by atoms with van der Waals surface area (Å²) in [5, 5.41) is 5.68. The Hall–Kier alpha value is -3.18. The molecule has 2 aromatic carbocycles. The fourth-order valence-electron chi connectivity index (χ4n) is 2.18. The smallest absolute Gasteiger partial charge is 0.258 e. The molecule has 2 N–H and O–H groups in total. The largest absolute Gasteiger partial charge is 0.322 e. The number of anilines is 2. The molecule has 0 aliphatic rings. The molecule has 6 heteroatoms. The molecule has 0 atom stereocenters. The second kappa shape index (κ2) is 7.59. The highest BCUT2D eigenvalue weighted by atomic mass is 35.5. The van der Waals surface area contributed by atoms with Crippen LogP contribution in [-0.4, -0.2) is 16.8 Å². The van der Waals surface area contributed by atoms with Gasteiger partial charge in [-0.2, -0.15) is 0 Å². The predicted molar refractivity (Wildman–Crippen MR) is 98.0 cm³/mol. The number of hydrogen-bond acceptors (Lipinski definition) is 3. The van der Waals surface area contributed by atoms with E-state index < -0.39 is 0 Å². The molecule has 0 bridgehead atoms. The number of pyridine rings is 1. The standard InChI is InChI=1S/C19H14ClN3O2/c20-17-16(7-4-12-21-17)19(25)23-15-10-8-14(9-11-15)22-18(24)13-5-2-1-3-6-13/h1-12H,(H,22,24)(H,23,25). The average molecular weight is 352 g/mol. The van der Waals surface area contributed by atoms with Crippen LogP contribution in [-0.2, 0) is 0 Å². The van der Waals surface area contributed by atoms with Gasteiger partial charge in [0.1, 0.15) is 5.15 Å². The molecule has 0 radical (unpaired) electrons. The van der Waals surface area contributed by atoms with Crippen LogP contribution in [0.25, 0.3) is 0 Å². The quantitative estimate of drug-likeness (QED) is 0.690. The highest BCUT2D eigenvalue weighted by molar-refractivity contribution is 6.33. The Balaban J connectivity index is 1.65. The van der Waals surface area contributed by atoms with E-state index in [9.17, 15) is 9.59 Å². The minimum absolute atomic E-state index is 0.145. The molecule has 2 amide bonds. The third-order valence-corrected chi connectivity index (χ3v) is 3.74. The van der Waals surface area contributed by atoms with Gasteiger partial charge < -0.3 is 10.6 Å². The van der Waals surface area contributed by atoms with E-state index >= 15 is 0 Å². The van der Waals surface area contributed by atoms with Crippen molar-refractivity contribution in [2.24, 2.45) is 0 Å². The molecule has 25 heavy (non-hydrogen) atoms. The highest BCUT2D eigenvalue weighted by Crippen LogP contribution is 2.17. The van der Waals surface area contributed by atoms with Crippen LogP contribution in [0.3, 0.4) is 0 Å². The Morgan fingerprint density at radius 3 is 1.96 bits per heavy atom. The molecule has 0 aliphatic carbocycles. The Morgan fingerprint density at radius 1 is 0.760 bits per heavy atom. The number of benzene rings is 2. The van der Waals surface area contributed by atoms with Gasteiger partial charge in [-0.05, 0) is 48.5 Å². The van der Waals surface area contributed by atoms with Gasteiger partial charge in [-0.1, -0.05) is 29.8 Å². The van der Waals surface area contributed by atoms with Crippen molar-refractivity contribution in [2.75, 3.05) is 10.6 Å². The average Bonchev–Trinajstić information content (AvgIpc) is 2.64. The first-order valence-electron chi connectivity index (χ1n) is 7.52. The van der Waals surface area contributed by atoms with Crippen molar-refractivity contribution in [3.8, 4) is 0 Å². The fourth-order valence-corrected chi connectivity index (χ4v) is 2.39. The molecule has 0 aliphatic heterocycles. The van der Waals surface area contributed by atoms with Gasteiger partial charge in [0.2, 0.25) is 0 Å². The lowest BCUT2D eigenvalue weighted by atomic mass is 10.2. The molecule has 3 aromatic rings. The summed E-state index contributed by atoms with van der Waals surface area (Å²) in [6.45, 7) is 0. The minimum Gasteiger partial charge on any atom is -0.322 e. The van der Waals surface area contributed by atoms with E-state index in [0.29, 0.717) is 22.5 Å². The van der Waals surface area contributed by atoms with E-state index in [-0.39, 0.29) is 17.0 Å². The molecule has 1 heterocycles. The summed E-state index contributed by atoms with van der Waals surface area (Å²) >= 11 is 5.91. The minimum atomic E-state index is -0.348. The number of amides is 2. The molecule has 0 saturated carbocycles. The Morgan fingerprint density at radius 2 is 1.36 bits per heavy atom. The number of rotatable bonds is 4. The summed E-state index contributed by atoms with van der Waals surface area (Å²) in [7, 11) is 0. The van der Waals surface area contributed by atoms with Gasteiger partial charge in [-0.3, -0.25) is 9.59 Å². The molecule has 0 saturated heterocycles. The van der Waals surface area contributed by atoms with Crippen LogP contribution in [0.15, 0.2) is 72.9 Å². The summed E-state index contributed by atoms with van der Waals surface area (Å²) in [6, 6.07) is 19.0. The third-order valence-electron chi connectivity index (χ3n) is 3.44. The Labute approximate surface area is 149 Å². The fraction of sp³-hybridized carbons (Fsp3) is 0. The van der Waals surface area contributed by atoms with Gasteiger partial charge in [0, 0.05) is 23.1 Å². The molecule has 3 rings (SSSR count). The van der Waals surface area contributed by atoms with Gasteiger partial charge in [0.25, 0.3) is 11.8 Å². The SMILES string of the molecule is O=C(Nc1ccc(NC(=O)c2cccnc2Cl)cc1)c1ccccc1. The van der Waals surface area contributed by atoms with E-state index in [1.165, 1.54) is 6.20 Å². The number of halogens is 1. The van der Waals surface area contributed by atoms with Gasteiger partial charge in [0.05, 0.1) is 5.56 Å². The molecule has 1 aromatic heterocycles. The van der Waals surface area contributed by atoms with Gasteiger partial charge in [0.15, 0.2) is 0 Å². The molecular weight excluding hydrogens is 338 g/mol. The van der Waals surface area contributed by atoms with E-state index in [1.54, 1.807) is 60.7 Å². The number of carbonyl (C=O) groups is 2. The second-order valence-electron chi connectivity index (χ2n) is 5.19. The highest BCUT2D eigenvalue weighted by Gasteiger charge is 2.11. The molecule has 0 spiro atoms. The van der Waals surface area contributed by atoms with Crippen molar-refractivity contribution in [1.82, 2.24) is 4.98 Å². The van der Waals surface area contributed by atoms with Crippen molar-refractivity contribution in [2.45, 2.75) is 0 Å². The van der Waals surface area contributed by atoms with Gasteiger partial charge >= 0.3 is 0 Å². The second-order valence-corrected chi connectivity index (χ2v) is 5.55. The monoisotopic (exact) mass is 351 g/mol. The molecule has 0 unspecified atom stereocenters. The van der Waals surface area contributed by atoms with E-state index in [0.717, 1.165) is 0 Å². The molecule has 5 nitrogen and oxygen atoms in total. The van der Waals surface area contributed by atoms with Crippen LogP contribution in [0.5, 0.6) is 0 Å². The van der Waals surface area contributed by atoms with Crippen LogP contribution in [0, 0.1) is 0 Å². The van der Waals surface area contributed by atoms with Crippen LogP contribution in [0.4, 0.5) is 11.4 Å². The van der Waals surface area contributed by atoms with Gasteiger partial charge in [-0.15, -0.1) is 0 Å². The molecular formula is C19H14ClN3O2. The van der Waals surface area contributed by atoms with Crippen LogP contribution in [0.1, 0.15) is 20.7 Å². The third kappa shape index (κ3) is 4.22. The zero-order valence-corrected chi connectivity index (χ0v) is 13.8. The first-order chi connectivity index (χ1) is 12.1. The van der Waals surface area contributed by atoms with Crippen molar-refractivity contribution in [3.05, 3.63) is 89.2 Å². The lowest BCUT2D eigenvalue weighted by molar-refractivity contribution is 0.101. The number of hydrogen-bond donors (Lipinski definition) is 2. The number of nitrogens with zero attached hydrogens (tertiary/aromatic N) is 1. The van der Waals surface area contributed by atoms with Crippen molar-refractivity contribution in [1.29, 1.82) is 0 Å². The van der Waals surface area contributed by atoms with Crippen molar-refractivity contribution >= 4 is 34.8 Å². The van der Waals surface area contributed by atoms with Crippen molar-refractivity contribution in [3.63, 3.8) is 0 Å². The first-order valence-corrected chi connectivity index (χ1v) is 7.89. The van der Waals surface area contributed by atoms with Crippen LogP contribution in [0.2, 0.25) is 5.15 Å². The predicted octanol–water partition coefficient (Wildman–Crippen LogP) is 4.24. The van der Waals surface area contributed by atoms with Gasteiger partial charge in [-0.25, -0.2) is 4.98 Å². The lowest BCUT2D eigenvalue weighted by Crippen LogP contribution is -2.13. The summed E-state index contributed by atoms with van der Waals surface area (Å²) in [5.41, 5.74) is 2.09. The topological polar surface area (TPSA) is 71.1 Å².